The predicted molar refractivity (Wildman–Crippen MR) is 48.5 cm³/mol. The molecule has 0 spiro atoms. The normalized spacial score (nSPS) is 38.7. The first-order chi connectivity index (χ1) is 7.77. The van der Waals surface area contributed by atoms with E-state index in [0.29, 0.717) is 0 Å². The summed E-state index contributed by atoms with van der Waals surface area (Å²) in [6.07, 6.45) is -13.2. The summed E-state index contributed by atoms with van der Waals surface area (Å²) in [4.78, 5) is 10.3. The van der Waals surface area contributed by atoms with E-state index in [9.17, 15) is 20.1 Å². The van der Waals surface area contributed by atoms with E-state index in [0.717, 1.165) is 0 Å². The van der Waals surface area contributed by atoms with Crippen LogP contribution in [0.1, 0.15) is 0 Å². The summed E-state index contributed by atoms with van der Waals surface area (Å²) in [5.41, 5.74) is 0. The second-order valence-corrected chi connectivity index (χ2v) is 3.74. The van der Waals surface area contributed by atoms with Gasteiger partial charge in [-0.15, -0.1) is 0 Å². The van der Waals surface area contributed by atoms with Crippen LogP contribution in [-0.2, 0) is 9.53 Å². The van der Waals surface area contributed by atoms with Crippen molar-refractivity contribution >= 4 is 5.97 Å². The molecule has 1 aliphatic heterocycles. The van der Waals surface area contributed by atoms with Crippen molar-refractivity contribution in [2.24, 2.45) is 0 Å². The highest BCUT2D eigenvalue weighted by Gasteiger charge is 2.48. The summed E-state index contributed by atoms with van der Waals surface area (Å²) in [7, 11) is 0. The average molecular weight is 254 g/mol. The van der Waals surface area contributed by atoms with Gasteiger partial charge in [-0.25, -0.2) is 4.79 Å². The summed E-state index contributed by atoms with van der Waals surface area (Å²) in [5.74, 6) is -1.77. The zero-order chi connectivity index (χ0) is 13.3. The molecule has 1 saturated heterocycles. The molecule has 0 aliphatic carbocycles. The summed E-state index contributed by atoms with van der Waals surface area (Å²) >= 11 is 0. The van der Waals surface area contributed by atoms with Crippen LogP contribution in [0.2, 0.25) is 0 Å². The van der Waals surface area contributed by atoms with Crippen molar-refractivity contribution in [2.45, 2.75) is 42.9 Å². The first-order valence-corrected chi connectivity index (χ1v) is 4.74. The van der Waals surface area contributed by atoms with Gasteiger partial charge in [0, 0.05) is 0 Å². The van der Waals surface area contributed by atoms with E-state index in [-0.39, 0.29) is 0 Å². The van der Waals surface area contributed by atoms with Crippen LogP contribution in [0.4, 0.5) is 0 Å². The van der Waals surface area contributed by atoms with Crippen LogP contribution >= 0.6 is 0 Å². The Bertz CT molecular complexity index is 282. The predicted octanol–water partition coefficient (Wildman–Crippen LogP) is -4.41. The smallest absolute Gasteiger partial charge is 0.335 e. The fourth-order valence-corrected chi connectivity index (χ4v) is 1.49. The molecule has 0 bridgehead atoms. The van der Waals surface area contributed by atoms with Crippen LogP contribution < -0.4 is 0 Å². The number of hydrogen-bond donors (Lipinski definition) is 7. The molecule has 0 amide bonds. The van der Waals surface area contributed by atoms with Crippen LogP contribution in [0.3, 0.4) is 0 Å². The Kier molecular flexibility index (Phi) is 4.38. The number of carbonyl (C=O) groups is 1. The number of aliphatic hydroxyl groups is 6. The SMILES string of the molecule is O=C(O)C(O)[C@H](O)[C@@H](O)[C@@H]1O[C@@H](O)[C@H](O)[C@@H]1O. The first kappa shape index (κ1) is 14.3. The highest BCUT2D eigenvalue weighted by atomic mass is 16.6. The van der Waals surface area contributed by atoms with Gasteiger partial charge in [-0.2, -0.15) is 0 Å². The number of hydrogen-bond acceptors (Lipinski definition) is 8. The fraction of sp³-hybridized carbons (Fsp3) is 0.875. The van der Waals surface area contributed by atoms with Crippen LogP contribution in [-0.4, -0.2) is 84.6 Å². The fourth-order valence-electron chi connectivity index (χ4n) is 1.49. The molecule has 9 nitrogen and oxygen atoms in total. The molecule has 0 aromatic carbocycles. The molecule has 1 rings (SSSR count). The van der Waals surface area contributed by atoms with Gasteiger partial charge in [0.25, 0.3) is 0 Å². The highest BCUT2D eigenvalue weighted by Crippen LogP contribution is 2.24. The Morgan fingerprint density at radius 3 is 1.94 bits per heavy atom. The minimum absolute atomic E-state index is 1.61. The Morgan fingerprint density at radius 2 is 1.59 bits per heavy atom. The van der Waals surface area contributed by atoms with Crippen LogP contribution in [0, 0.1) is 0 Å². The lowest BCUT2D eigenvalue weighted by atomic mass is 9.98. The quantitative estimate of drug-likeness (QED) is 0.262. The van der Waals surface area contributed by atoms with Gasteiger partial charge in [0.1, 0.15) is 30.5 Å². The van der Waals surface area contributed by atoms with E-state index < -0.39 is 48.9 Å². The van der Waals surface area contributed by atoms with Gasteiger partial charge in [-0.3, -0.25) is 0 Å². The van der Waals surface area contributed by atoms with Gasteiger partial charge in [0.05, 0.1) is 0 Å². The third kappa shape index (κ3) is 2.72. The molecule has 0 aromatic heterocycles. The summed E-state index contributed by atoms with van der Waals surface area (Å²) in [6.45, 7) is 0. The van der Waals surface area contributed by atoms with Gasteiger partial charge in [0.15, 0.2) is 12.4 Å². The monoisotopic (exact) mass is 254 g/mol. The number of ether oxygens (including phenoxy) is 1. The molecule has 17 heavy (non-hydrogen) atoms. The molecule has 1 aliphatic rings. The lowest BCUT2D eigenvalue weighted by molar-refractivity contribution is -0.181. The summed E-state index contributed by atoms with van der Waals surface area (Å²) in [5, 5.41) is 63.6. The standard InChI is InChI=1S/C8H14O9/c9-1(4(12)7(14)15)2(10)6-3(11)5(13)8(16)17-6/h1-6,8-13,16H,(H,14,15)/t1-,2-,3+,4?,5-,6+,8-/m1/s1. The minimum atomic E-state index is -2.28. The highest BCUT2D eigenvalue weighted by molar-refractivity contribution is 5.72. The molecular weight excluding hydrogens is 240 g/mol. The Labute approximate surface area is 95.1 Å². The average Bonchev–Trinajstić information content (AvgIpc) is 2.53. The second kappa shape index (κ2) is 5.23. The number of aliphatic carboxylic acids is 1. The van der Waals surface area contributed by atoms with Gasteiger partial charge in [-0.1, -0.05) is 0 Å². The van der Waals surface area contributed by atoms with Crippen molar-refractivity contribution in [2.75, 3.05) is 0 Å². The van der Waals surface area contributed by atoms with Crippen molar-refractivity contribution in [1.82, 2.24) is 0 Å². The largest absolute Gasteiger partial charge is 0.479 e. The Morgan fingerprint density at radius 1 is 1.06 bits per heavy atom. The lowest BCUT2D eigenvalue weighted by Gasteiger charge is -2.26. The first-order valence-electron chi connectivity index (χ1n) is 4.74. The van der Waals surface area contributed by atoms with Gasteiger partial charge in [0.2, 0.25) is 0 Å². The van der Waals surface area contributed by atoms with Crippen molar-refractivity contribution < 1.29 is 45.3 Å². The molecule has 0 aromatic rings. The lowest BCUT2D eigenvalue weighted by Crippen LogP contribution is -2.51. The molecule has 100 valence electrons. The molecular formula is C8H14O9. The van der Waals surface area contributed by atoms with E-state index in [1.165, 1.54) is 0 Å². The topological polar surface area (TPSA) is 168 Å². The maximum atomic E-state index is 10.3. The van der Waals surface area contributed by atoms with Crippen LogP contribution in [0.15, 0.2) is 0 Å². The third-order valence-electron chi connectivity index (χ3n) is 2.54. The van der Waals surface area contributed by atoms with E-state index in [4.69, 9.17) is 20.4 Å². The van der Waals surface area contributed by atoms with E-state index in [1.807, 2.05) is 0 Å². The summed E-state index contributed by atoms with van der Waals surface area (Å²) in [6, 6.07) is 0. The van der Waals surface area contributed by atoms with Gasteiger partial charge >= 0.3 is 5.97 Å². The van der Waals surface area contributed by atoms with Gasteiger partial charge in [-0.05, 0) is 0 Å². The van der Waals surface area contributed by atoms with E-state index >= 15 is 0 Å². The zero-order valence-corrected chi connectivity index (χ0v) is 8.49. The molecule has 7 atom stereocenters. The summed E-state index contributed by atoms with van der Waals surface area (Å²) < 4.78 is 4.54. The Balaban J connectivity index is 2.70. The van der Waals surface area contributed by atoms with Crippen molar-refractivity contribution in [1.29, 1.82) is 0 Å². The molecule has 0 saturated carbocycles. The molecule has 0 radical (unpaired) electrons. The number of aliphatic hydroxyl groups excluding tert-OH is 6. The van der Waals surface area contributed by atoms with Crippen molar-refractivity contribution in [3.8, 4) is 0 Å². The maximum Gasteiger partial charge on any atom is 0.335 e. The zero-order valence-electron chi connectivity index (χ0n) is 8.49. The van der Waals surface area contributed by atoms with Crippen molar-refractivity contribution in [3.05, 3.63) is 0 Å². The molecule has 1 unspecified atom stereocenters. The third-order valence-corrected chi connectivity index (χ3v) is 2.54. The number of carboxylic acids is 1. The van der Waals surface area contributed by atoms with Crippen LogP contribution in [0.25, 0.3) is 0 Å². The van der Waals surface area contributed by atoms with Crippen molar-refractivity contribution in [3.63, 3.8) is 0 Å². The molecule has 1 fully saturated rings. The molecule has 9 heteroatoms. The number of carboxylic acid groups (broad SMARTS) is 1. The van der Waals surface area contributed by atoms with E-state index in [2.05, 4.69) is 4.74 Å². The van der Waals surface area contributed by atoms with Gasteiger partial charge < -0.3 is 40.5 Å². The Hall–Kier alpha value is -0.810. The van der Waals surface area contributed by atoms with E-state index in [1.54, 1.807) is 0 Å². The van der Waals surface area contributed by atoms with Crippen LogP contribution in [0.5, 0.6) is 0 Å². The second-order valence-electron chi connectivity index (χ2n) is 3.74. The number of rotatable bonds is 4. The molecule has 7 N–H and O–H groups in total. The molecule has 1 heterocycles. The minimum Gasteiger partial charge on any atom is -0.479 e. The maximum absolute atomic E-state index is 10.3.